The Balaban J connectivity index is 1.99. The molecular formula is C11H19N3O3S. The third-order valence-corrected chi connectivity index (χ3v) is 5.10. The van der Waals surface area contributed by atoms with E-state index in [0.29, 0.717) is 18.3 Å². The van der Waals surface area contributed by atoms with Gasteiger partial charge in [0.25, 0.3) is 0 Å². The van der Waals surface area contributed by atoms with Crippen LogP contribution in [0, 0.1) is 0 Å². The zero-order valence-electron chi connectivity index (χ0n) is 10.7. The zero-order valence-corrected chi connectivity index (χ0v) is 11.5. The lowest BCUT2D eigenvalue weighted by Gasteiger charge is -2.08. The van der Waals surface area contributed by atoms with Crippen LogP contribution in [0.25, 0.3) is 0 Å². The van der Waals surface area contributed by atoms with Crippen molar-refractivity contribution in [3.05, 3.63) is 5.89 Å². The second-order valence-electron chi connectivity index (χ2n) is 4.70. The Labute approximate surface area is 107 Å². The van der Waals surface area contributed by atoms with E-state index in [1.165, 1.54) is 0 Å². The normalized spacial score (nSPS) is 22.5. The minimum atomic E-state index is -2.89. The summed E-state index contributed by atoms with van der Waals surface area (Å²) in [6.07, 6.45) is 2.51. The van der Waals surface area contributed by atoms with Gasteiger partial charge in [-0.2, -0.15) is 0 Å². The topological polar surface area (TPSA) is 85.1 Å². The Bertz CT molecular complexity index is 493. The van der Waals surface area contributed by atoms with Crippen LogP contribution in [-0.2, 0) is 9.84 Å². The van der Waals surface area contributed by atoms with Crippen LogP contribution in [0.2, 0.25) is 0 Å². The third kappa shape index (κ3) is 3.01. The molecule has 1 aromatic rings. The van der Waals surface area contributed by atoms with Gasteiger partial charge in [0.05, 0.1) is 11.5 Å². The molecule has 0 spiro atoms. The summed E-state index contributed by atoms with van der Waals surface area (Å²) in [7, 11) is -2.89. The quantitative estimate of drug-likeness (QED) is 0.876. The molecule has 2 rings (SSSR count). The Morgan fingerprint density at radius 1 is 1.39 bits per heavy atom. The summed E-state index contributed by atoms with van der Waals surface area (Å²) in [5.74, 6) is 1.29. The first-order valence-electron chi connectivity index (χ1n) is 6.34. The first kappa shape index (κ1) is 13.3. The minimum absolute atomic E-state index is 0.106. The van der Waals surface area contributed by atoms with Crippen LogP contribution in [-0.4, -0.2) is 36.2 Å². The molecule has 1 unspecified atom stereocenters. The van der Waals surface area contributed by atoms with Crippen molar-refractivity contribution in [3.8, 4) is 0 Å². The number of rotatable bonds is 5. The maximum Gasteiger partial charge on any atom is 0.315 e. The number of anilines is 1. The highest BCUT2D eigenvalue weighted by Crippen LogP contribution is 2.24. The smallest absolute Gasteiger partial charge is 0.315 e. The van der Waals surface area contributed by atoms with Gasteiger partial charge in [0.15, 0.2) is 9.84 Å². The monoisotopic (exact) mass is 273 g/mol. The molecule has 0 aromatic carbocycles. The van der Waals surface area contributed by atoms with E-state index >= 15 is 0 Å². The number of sulfone groups is 1. The van der Waals surface area contributed by atoms with Crippen LogP contribution in [0.15, 0.2) is 4.42 Å². The molecule has 1 aliphatic rings. The first-order chi connectivity index (χ1) is 8.54. The highest BCUT2D eigenvalue weighted by Gasteiger charge is 2.29. The molecule has 2 heterocycles. The number of aromatic nitrogens is 2. The van der Waals surface area contributed by atoms with E-state index in [0.717, 1.165) is 12.8 Å². The maximum atomic E-state index is 11.3. The van der Waals surface area contributed by atoms with E-state index in [1.54, 1.807) is 0 Å². The molecule has 18 heavy (non-hydrogen) atoms. The summed E-state index contributed by atoms with van der Waals surface area (Å²) in [5.41, 5.74) is 0. The molecular weight excluding hydrogens is 254 g/mol. The van der Waals surface area contributed by atoms with Gasteiger partial charge >= 0.3 is 6.01 Å². The maximum absolute atomic E-state index is 11.3. The van der Waals surface area contributed by atoms with Crippen LogP contribution in [0.4, 0.5) is 6.01 Å². The van der Waals surface area contributed by atoms with Gasteiger partial charge in [0.1, 0.15) is 0 Å². The van der Waals surface area contributed by atoms with Crippen LogP contribution >= 0.6 is 0 Å². The van der Waals surface area contributed by atoms with Gasteiger partial charge in [-0.25, -0.2) is 8.42 Å². The van der Waals surface area contributed by atoms with Crippen molar-refractivity contribution >= 4 is 15.9 Å². The number of nitrogens with zero attached hydrogens (tertiary/aromatic N) is 2. The lowest BCUT2D eigenvalue weighted by molar-refractivity contribution is 0.437. The van der Waals surface area contributed by atoms with E-state index in [9.17, 15) is 8.42 Å². The van der Waals surface area contributed by atoms with Gasteiger partial charge < -0.3 is 9.73 Å². The molecule has 1 saturated heterocycles. The molecule has 0 amide bonds. The fourth-order valence-corrected chi connectivity index (χ4v) is 3.85. The average Bonchev–Trinajstić information content (AvgIpc) is 2.88. The highest BCUT2D eigenvalue weighted by molar-refractivity contribution is 7.91. The second-order valence-corrected chi connectivity index (χ2v) is 6.93. The fourth-order valence-electron chi connectivity index (χ4n) is 2.18. The molecule has 1 aromatic heterocycles. The van der Waals surface area contributed by atoms with Crippen LogP contribution < -0.4 is 5.32 Å². The van der Waals surface area contributed by atoms with Gasteiger partial charge in [-0.15, -0.1) is 5.10 Å². The molecule has 0 radical (unpaired) electrons. The molecule has 1 N–H and O–H groups in total. The Morgan fingerprint density at radius 3 is 2.67 bits per heavy atom. The van der Waals surface area contributed by atoms with Crippen LogP contribution in [0.3, 0.4) is 0 Å². The van der Waals surface area contributed by atoms with Gasteiger partial charge in [-0.05, 0) is 19.3 Å². The molecule has 1 atom stereocenters. The highest BCUT2D eigenvalue weighted by atomic mass is 32.2. The number of nitrogens with one attached hydrogen (secondary N) is 1. The summed E-state index contributed by atoms with van der Waals surface area (Å²) < 4.78 is 28.2. The van der Waals surface area contributed by atoms with Crippen molar-refractivity contribution in [3.63, 3.8) is 0 Å². The molecule has 102 valence electrons. The number of hydrogen-bond acceptors (Lipinski definition) is 6. The minimum Gasteiger partial charge on any atom is -0.408 e. The standard InChI is InChI=1S/C11H19N3O3S/c1-3-8(4-2)10-13-14-11(17-10)12-9-5-6-18(15,16)7-9/h8-9H,3-7H2,1-2H3,(H,12,14). The van der Waals surface area contributed by atoms with Gasteiger partial charge in [-0.1, -0.05) is 18.9 Å². The predicted octanol–water partition coefficient (Wildman–Crippen LogP) is 1.57. The predicted molar refractivity (Wildman–Crippen MR) is 68.3 cm³/mol. The molecule has 7 heteroatoms. The summed E-state index contributed by atoms with van der Waals surface area (Å²) in [5, 5.41) is 10.9. The van der Waals surface area contributed by atoms with Crippen molar-refractivity contribution in [2.24, 2.45) is 0 Å². The van der Waals surface area contributed by atoms with E-state index in [1.807, 2.05) is 0 Å². The van der Waals surface area contributed by atoms with Crippen molar-refractivity contribution < 1.29 is 12.8 Å². The molecule has 1 fully saturated rings. The zero-order chi connectivity index (χ0) is 13.2. The van der Waals surface area contributed by atoms with Crippen LogP contribution in [0.1, 0.15) is 44.9 Å². The molecule has 1 aliphatic heterocycles. The second kappa shape index (κ2) is 5.26. The Hall–Kier alpha value is -1.11. The summed E-state index contributed by atoms with van der Waals surface area (Å²) in [6.45, 7) is 4.16. The van der Waals surface area contributed by atoms with Gasteiger partial charge in [-0.3, -0.25) is 0 Å². The summed E-state index contributed by atoms with van der Waals surface area (Å²) in [4.78, 5) is 0. The SMILES string of the molecule is CCC(CC)c1nnc(NC2CCS(=O)(=O)C2)o1. The van der Waals surface area contributed by atoms with Gasteiger partial charge in [0.2, 0.25) is 5.89 Å². The molecule has 0 aliphatic carbocycles. The van der Waals surface area contributed by atoms with Crippen molar-refractivity contribution in [1.82, 2.24) is 10.2 Å². The van der Waals surface area contributed by atoms with E-state index in [4.69, 9.17) is 4.42 Å². The van der Waals surface area contributed by atoms with E-state index in [-0.39, 0.29) is 23.5 Å². The molecule has 0 bridgehead atoms. The summed E-state index contributed by atoms with van der Waals surface area (Å²) >= 11 is 0. The van der Waals surface area contributed by atoms with Crippen molar-refractivity contribution in [2.45, 2.75) is 45.1 Å². The van der Waals surface area contributed by atoms with Gasteiger partial charge in [0, 0.05) is 12.0 Å². The van der Waals surface area contributed by atoms with Crippen LogP contribution in [0.5, 0.6) is 0 Å². The average molecular weight is 273 g/mol. The third-order valence-electron chi connectivity index (χ3n) is 3.34. The lowest BCUT2D eigenvalue weighted by atomic mass is 10.0. The Kier molecular flexibility index (Phi) is 3.89. The fraction of sp³-hybridized carbons (Fsp3) is 0.818. The number of hydrogen-bond donors (Lipinski definition) is 1. The van der Waals surface area contributed by atoms with Crippen molar-refractivity contribution in [2.75, 3.05) is 16.8 Å². The van der Waals surface area contributed by atoms with Crippen molar-refractivity contribution in [1.29, 1.82) is 0 Å². The summed E-state index contributed by atoms with van der Waals surface area (Å²) in [6, 6.07) is 0.226. The van der Waals surface area contributed by atoms with E-state index < -0.39 is 9.84 Å². The Morgan fingerprint density at radius 2 is 2.11 bits per heavy atom. The first-order valence-corrected chi connectivity index (χ1v) is 8.16. The lowest BCUT2D eigenvalue weighted by Crippen LogP contribution is -2.20. The molecule has 6 nitrogen and oxygen atoms in total. The largest absolute Gasteiger partial charge is 0.408 e. The van der Waals surface area contributed by atoms with E-state index in [2.05, 4.69) is 29.4 Å². The molecule has 0 saturated carbocycles.